The molecule has 0 bridgehead atoms. The van der Waals surface area contributed by atoms with Gasteiger partial charge in [-0.05, 0) is 19.1 Å². The lowest BCUT2D eigenvalue weighted by Gasteiger charge is -2.13. The van der Waals surface area contributed by atoms with Crippen molar-refractivity contribution in [3.05, 3.63) is 63.0 Å². The second-order valence-electron chi connectivity index (χ2n) is 4.93. The van der Waals surface area contributed by atoms with Crippen LogP contribution in [0.3, 0.4) is 0 Å². The number of hydrogen-bond acceptors (Lipinski definition) is 4. The second kappa shape index (κ2) is 5.75. The Morgan fingerprint density at radius 1 is 1.29 bits per heavy atom. The first-order chi connectivity index (χ1) is 11.3. The maximum absolute atomic E-state index is 13.0. The molecule has 0 spiro atoms. The Morgan fingerprint density at radius 3 is 2.71 bits per heavy atom. The van der Waals surface area contributed by atoms with Crippen LogP contribution in [-0.4, -0.2) is 15.3 Å². The molecule has 1 amide bonds. The number of nitrogens with zero attached hydrogens (tertiary/aromatic N) is 2. The van der Waals surface area contributed by atoms with E-state index in [1.54, 1.807) is 5.38 Å². The number of halogens is 3. The zero-order valence-electron chi connectivity index (χ0n) is 12.2. The summed E-state index contributed by atoms with van der Waals surface area (Å²) in [7, 11) is 0. The molecule has 1 N–H and O–H groups in total. The fourth-order valence-electron chi connectivity index (χ4n) is 2.24. The number of aryl methyl sites for hydroxylation is 1. The smallest absolute Gasteiger partial charge is 0.316 e. The van der Waals surface area contributed by atoms with Crippen molar-refractivity contribution in [1.82, 2.24) is 9.38 Å². The van der Waals surface area contributed by atoms with E-state index in [-0.39, 0.29) is 11.4 Å². The summed E-state index contributed by atoms with van der Waals surface area (Å²) >= 11 is 1.24. The molecule has 1 aromatic carbocycles. The number of alkyl halides is 3. The minimum absolute atomic E-state index is 0.145. The number of carbonyl (C=O) groups is 1. The molecule has 0 saturated heterocycles. The standard InChI is InChI=1S/C15H10F3N3O2S/c1-8-11(13(23)21-6-7-24-14(21)19-8)20-12(22)9-4-2-3-5-10(9)15(16,17)18/h2-7H,1H3,(H,20,22). The van der Waals surface area contributed by atoms with Crippen LogP contribution < -0.4 is 10.9 Å². The number of amides is 1. The van der Waals surface area contributed by atoms with Crippen LogP contribution >= 0.6 is 11.3 Å². The van der Waals surface area contributed by atoms with E-state index in [4.69, 9.17) is 0 Å². The maximum atomic E-state index is 13.0. The Morgan fingerprint density at radius 2 is 2.00 bits per heavy atom. The highest BCUT2D eigenvalue weighted by Crippen LogP contribution is 2.32. The van der Waals surface area contributed by atoms with Gasteiger partial charge in [0.05, 0.1) is 16.8 Å². The fraction of sp³-hybridized carbons (Fsp3) is 0.133. The van der Waals surface area contributed by atoms with Gasteiger partial charge in [-0.3, -0.25) is 14.0 Å². The van der Waals surface area contributed by atoms with Gasteiger partial charge in [0.2, 0.25) is 0 Å². The molecular weight excluding hydrogens is 343 g/mol. The number of rotatable bonds is 2. The maximum Gasteiger partial charge on any atom is 0.417 e. The van der Waals surface area contributed by atoms with Gasteiger partial charge in [-0.1, -0.05) is 12.1 Å². The first-order valence-corrected chi connectivity index (χ1v) is 7.61. The predicted octanol–water partition coefficient (Wildman–Crippen LogP) is 3.34. The zero-order valence-corrected chi connectivity index (χ0v) is 13.0. The second-order valence-corrected chi connectivity index (χ2v) is 5.80. The third-order valence-corrected chi connectivity index (χ3v) is 4.12. The van der Waals surface area contributed by atoms with Gasteiger partial charge in [0.1, 0.15) is 5.69 Å². The Balaban J connectivity index is 2.04. The number of aromatic nitrogens is 2. The van der Waals surface area contributed by atoms with E-state index in [9.17, 15) is 22.8 Å². The quantitative estimate of drug-likeness (QED) is 0.769. The fourth-order valence-corrected chi connectivity index (χ4v) is 2.99. The SMILES string of the molecule is Cc1nc2sccn2c(=O)c1NC(=O)c1ccccc1C(F)(F)F. The minimum atomic E-state index is -4.67. The van der Waals surface area contributed by atoms with Gasteiger partial charge in [0, 0.05) is 11.6 Å². The number of anilines is 1. The molecule has 0 aliphatic rings. The van der Waals surface area contributed by atoms with E-state index in [0.717, 1.165) is 12.1 Å². The first-order valence-electron chi connectivity index (χ1n) is 6.73. The predicted molar refractivity (Wildman–Crippen MR) is 83.5 cm³/mol. The number of benzene rings is 1. The van der Waals surface area contributed by atoms with Crippen molar-refractivity contribution >= 4 is 27.9 Å². The molecule has 0 radical (unpaired) electrons. The summed E-state index contributed by atoms with van der Waals surface area (Å²) in [5.41, 5.74) is -2.08. The molecular formula is C15H10F3N3O2S. The molecule has 0 atom stereocenters. The average Bonchev–Trinajstić information content (AvgIpc) is 2.98. The van der Waals surface area contributed by atoms with Gasteiger partial charge >= 0.3 is 6.18 Å². The molecule has 124 valence electrons. The van der Waals surface area contributed by atoms with Gasteiger partial charge in [-0.2, -0.15) is 13.2 Å². The summed E-state index contributed by atoms with van der Waals surface area (Å²) in [5, 5.41) is 3.91. The molecule has 0 aliphatic heterocycles. The van der Waals surface area contributed by atoms with E-state index in [1.165, 1.54) is 41.0 Å². The number of thiazole rings is 1. The van der Waals surface area contributed by atoms with Crippen molar-refractivity contribution in [2.75, 3.05) is 5.32 Å². The van der Waals surface area contributed by atoms with Crippen LogP contribution in [0.4, 0.5) is 18.9 Å². The normalized spacial score (nSPS) is 11.7. The monoisotopic (exact) mass is 353 g/mol. The van der Waals surface area contributed by atoms with Crippen LogP contribution in [0.2, 0.25) is 0 Å². The van der Waals surface area contributed by atoms with Crippen LogP contribution in [0.1, 0.15) is 21.6 Å². The van der Waals surface area contributed by atoms with E-state index >= 15 is 0 Å². The molecule has 24 heavy (non-hydrogen) atoms. The summed E-state index contributed by atoms with van der Waals surface area (Å²) in [6.07, 6.45) is -3.19. The Kier molecular flexibility index (Phi) is 3.88. The van der Waals surface area contributed by atoms with Crippen molar-refractivity contribution < 1.29 is 18.0 Å². The highest BCUT2D eigenvalue weighted by molar-refractivity contribution is 7.15. The van der Waals surface area contributed by atoms with E-state index in [0.29, 0.717) is 4.96 Å². The van der Waals surface area contributed by atoms with Crippen molar-refractivity contribution in [2.45, 2.75) is 13.1 Å². The summed E-state index contributed by atoms with van der Waals surface area (Å²) in [4.78, 5) is 29.2. The van der Waals surface area contributed by atoms with E-state index < -0.39 is 28.8 Å². The lowest BCUT2D eigenvalue weighted by molar-refractivity contribution is -0.137. The third-order valence-electron chi connectivity index (χ3n) is 3.36. The van der Waals surface area contributed by atoms with E-state index in [2.05, 4.69) is 10.3 Å². The zero-order chi connectivity index (χ0) is 17.5. The highest BCUT2D eigenvalue weighted by Gasteiger charge is 2.35. The minimum Gasteiger partial charge on any atom is -0.316 e. The molecule has 0 fully saturated rings. The van der Waals surface area contributed by atoms with Crippen LogP contribution in [0, 0.1) is 6.92 Å². The van der Waals surface area contributed by atoms with Gasteiger partial charge in [0.25, 0.3) is 11.5 Å². The summed E-state index contributed by atoms with van der Waals surface area (Å²) < 4.78 is 40.3. The summed E-state index contributed by atoms with van der Waals surface area (Å²) in [6.45, 7) is 1.51. The first kappa shape index (κ1) is 16.2. The third kappa shape index (κ3) is 2.78. The van der Waals surface area contributed by atoms with Crippen molar-refractivity contribution in [3.8, 4) is 0 Å². The summed E-state index contributed by atoms with van der Waals surface area (Å²) in [5.74, 6) is -1.01. The molecule has 2 heterocycles. The number of fused-ring (bicyclic) bond motifs is 1. The molecule has 3 rings (SSSR count). The number of hydrogen-bond donors (Lipinski definition) is 1. The van der Waals surface area contributed by atoms with Crippen LogP contribution in [0.15, 0.2) is 40.6 Å². The van der Waals surface area contributed by atoms with Gasteiger partial charge in [0.15, 0.2) is 4.96 Å². The lowest BCUT2D eigenvalue weighted by Crippen LogP contribution is -2.25. The van der Waals surface area contributed by atoms with Crippen molar-refractivity contribution in [1.29, 1.82) is 0 Å². The Labute approximate surface area is 137 Å². The molecule has 0 aliphatic carbocycles. The van der Waals surface area contributed by atoms with Crippen LogP contribution in [-0.2, 0) is 6.18 Å². The molecule has 0 unspecified atom stereocenters. The van der Waals surface area contributed by atoms with Crippen molar-refractivity contribution in [2.24, 2.45) is 0 Å². The molecule has 5 nitrogen and oxygen atoms in total. The summed E-state index contributed by atoms with van der Waals surface area (Å²) in [6, 6.07) is 4.39. The van der Waals surface area contributed by atoms with Crippen LogP contribution in [0.25, 0.3) is 4.96 Å². The molecule has 9 heteroatoms. The lowest BCUT2D eigenvalue weighted by atomic mass is 10.1. The largest absolute Gasteiger partial charge is 0.417 e. The van der Waals surface area contributed by atoms with Gasteiger partial charge in [-0.25, -0.2) is 4.98 Å². The van der Waals surface area contributed by atoms with Gasteiger partial charge in [-0.15, -0.1) is 11.3 Å². The van der Waals surface area contributed by atoms with E-state index in [1.807, 2.05) is 0 Å². The van der Waals surface area contributed by atoms with Crippen LogP contribution in [0.5, 0.6) is 0 Å². The molecule has 2 aromatic heterocycles. The Bertz CT molecular complexity index is 992. The topological polar surface area (TPSA) is 63.5 Å². The number of nitrogens with one attached hydrogen (secondary N) is 1. The van der Waals surface area contributed by atoms with Gasteiger partial charge < -0.3 is 5.32 Å². The van der Waals surface area contributed by atoms with Crippen molar-refractivity contribution in [3.63, 3.8) is 0 Å². The Hall–Kier alpha value is -2.68. The average molecular weight is 353 g/mol. The molecule has 0 saturated carbocycles. The highest BCUT2D eigenvalue weighted by atomic mass is 32.1. The number of carbonyl (C=O) groups excluding carboxylic acids is 1. The molecule has 3 aromatic rings.